The molecule has 1 radical (unpaired) electrons. The summed E-state index contributed by atoms with van der Waals surface area (Å²) in [5, 5.41) is 0.916. The van der Waals surface area contributed by atoms with Gasteiger partial charge in [-0.25, -0.2) is 0 Å². The largest absolute Gasteiger partial charge is 0.0883 e. The number of halogens is 1. The summed E-state index contributed by atoms with van der Waals surface area (Å²) < 4.78 is 0. The molecule has 0 nitrogen and oxygen atoms in total. The van der Waals surface area contributed by atoms with Crippen molar-refractivity contribution in [2.75, 3.05) is 5.33 Å². The third-order valence-corrected chi connectivity index (χ3v) is 2.54. The minimum Gasteiger partial charge on any atom is -0.0883 e. The summed E-state index contributed by atoms with van der Waals surface area (Å²) in [6.07, 6.45) is 8.70. The lowest BCUT2D eigenvalue weighted by Crippen LogP contribution is -1.88. The van der Waals surface area contributed by atoms with Gasteiger partial charge in [0.05, 0.1) is 0 Å². The summed E-state index contributed by atoms with van der Waals surface area (Å²) in [7, 11) is 0. The number of rotatable bonds is 2. The van der Waals surface area contributed by atoms with Crippen LogP contribution < -0.4 is 0 Å². The molecule has 0 aromatic heterocycles. The van der Waals surface area contributed by atoms with E-state index in [1.54, 1.807) is 0 Å². The molecule has 0 spiro atoms. The summed E-state index contributed by atoms with van der Waals surface area (Å²) in [6, 6.07) is 9.41. The Morgan fingerprint density at radius 3 is 3.31 bits per heavy atom. The van der Waals surface area contributed by atoms with Gasteiger partial charge < -0.3 is 0 Å². The van der Waals surface area contributed by atoms with E-state index < -0.39 is 0 Å². The van der Waals surface area contributed by atoms with Crippen molar-refractivity contribution in [2.45, 2.75) is 5.92 Å². The maximum Gasteiger partial charge on any atom is 0.0214 e. The predicted molar refractivity (Wildman–Crippen MR) is 60.0 cm³/mol. The van der Waals surface area contributed by atoms with E-state index in [0.717, 1.165) is 5.33 Å². The SMILES string of the molecule is BrCC=CC1C=Cc2ccc[c]c21. The molecule has 1 aromatic rings. The molecule has 13 heavy (non-hydrogen) atoms. The van der Waals surface area contributed by atoms with Crippen LogP contribution in [0.5, 0.6) is 0 Å². The topological polar surface area (TPSA) is 0 Å². The van der Waals surface area contributed by atoms with Gasteiger partial charge in [0.25, 0.3) is 0 Å². The fraction of sp³-hybridized carbons (Fsp3) is 0.167. The first kappa shape index (κ1) is 8.76. The molecular weight excluding hydrogens is 224 g/mol. The third-order valence-electron chi connectivity index (χ3n) is 2.17. The molecule has 1 aliphatic carbocycles. The summed E-state index contributed by atoms with van der Waals surface area (Å²) in [4.78, 5) is 0. The van der Waals surface area contributed by atoms with Crippen LogP contribution >= 0.6 is 15.9 Å². The van der Waals surface area contributed by atoms with Gasteiger partial charge in [-0.3, -0.25) is 0 Å². The molecule has 1 unspecified atom stereocenters. The molecule has 0 amide bonds. The summed E-state index contributed by atoms with van der Waals surface area (Å²) in [6.45, 7) is 0. The first-order valence-corrected chi connectivity index (χ1v) is 5.45. The fourth-order valence-corrected chi connectivity index (χ4v) is 1.77. The van der Waals surface area contributed by atoms with Crippen molar-refractivity contribution in [1.29, 1.82) is 0 Å². The van der Waals surface area contributed by atoms with Gasteiger partial charge in [0.1, 0.15) is 0 Å². The van der Waals surface area contributed by atoms with E-state index in [1.165, 1.54) is 11.1 Å². The van der Waals surface area contributed by atoms with Gasteiger partial charge in [-0.05, 0) is 17.2 Å². The highest BCUT2D eigenvalue weighted by molar-refractivity contribution is 9.09. The fourth-order valence-electron chi connectivity index (χ4n) is 1.56. The van der Waals surface area contributed by atoms with E-state index >= 15 is 0 Å². The van der Waals surface area contributed by atoms with Gasteiger partial charge in [-0.15, -0.1) is 0 Å². The molecule has 0 bridgehead atoms. The Labute approximate surface area is 87.1 Å². The van der Waals surface area contributed by atoms with E-state index in [4.69, 9.17) is 0 Å². The lowest BCUT2D eigenvalue weighted by molar-refractivity contribution is 1.10. The Hall–Kier alpha value is -0.820. The lowest BCUT2D eigenvalue weighted by atomic mass is 10.0. The molecule has 1 aromatic carbocycles. The third kappa shape index (κ3) is 1.75. The molecule has 0 aliphatic heterocycles. The minimum atomic E-state index is 0.425. The van der Waals surface area contributed by atoms with Crippen molar-refractivity contribution in [3.05, 3.63) is 53.6 Å². The minimum absolute atomic E-state index is 0.425. The monoisotopic (exact) mass is 233 g/mol. The smallest absolute Gasteiger partial charge is 0.0214 e. The molecule has 0 saturated carbocycles. The zero-order chi connectivity index (χ0) is 9.10. The van der Waals surface area contributed by atoms with E-state index in [2.05, 4.69) is 52.4 Å². The maximum atomic E-state index is 3.38. The predicted octanol–water partition coefficient (Wildman–Crippen LogP) is 3.55. The summed E-state index contributed by atoms with van der Waals surface area (Å²) >= 11 is 3.38. The molecule has 1 heteroatoms. The van der Waals surface area contributed by atoms with Crippen LogP contribution in [0.4, 0.5) is 0 Å². The maximum absolute atomic E-state index is 3.38. The van der Waals surface area contributed by atoms with Crippen LogP contribution in [0.2, 0.25) is 0 Å². The highest BCUT2D eigenvalue weighted by Gasteiger charge is 2.12. The van der Waals surface area contributed by atoms with Crippen LogP contribution in [0.3, 0.4) is 0 Å². The first-order chi connectivity index (χ1) is 6.42. The Morgan fingerprint density at radius 2 is 2.46 bits per heavy atom. The number of fused-ring (bicyclic) bond motifs is 1. The van der Waals surface area contributed by atoms with Crippen LogP contribution in [0.25, 0.3) is 6.08 Å². The molecule has 1 atom stereocenters. The quantitative estimate of drug-likeness (QED) is 0.542. The van der Waals surface area contributed by atoms with E-state index in [0.29, 0.717) is 5.92 Å². The number of alkyl halides is 1. The zero-order valence-corrected chi connectivity index (χ0v) is 8.79. The van der Waals surface area contributed by atoms with Crippen LogP contribution in [0, 0.1) is 6.07 Å². The van der Waals surface area contributed by atoms with Crippen LogP contribution in [-0.4, -0.2) is 5.33 Å². The van der Waals surface area contributed by atoms with Gasteiger partial charge in [0.15, 0.2) is 0 Å². The first-order valence-electron chi connectivity index (χ1n) is 4.33. The Balaban J connectivity index is 2.28. The van der Waals surface area contributed by atoms with Gasteiger partial charge in [-0.2, -0.15) is 0 Å². The molecule has 0 heterocycles. The van der Waals surface area contributed by atoms with Gasteiger partial charge >= 0.3 is 0 Å². The molecule has 1 aliphatic rings. The normalized spacial score (nSPS) is 19.6. The van der Waals surface area contributed by atoms with Crippen LogP contribution in [0.15, 0.2) is 36.4 Å². The Bertz CT molecular complexity index is 350. The highest BCUT2D eigenvalue weighted by atomic mass is 79.9. The number of hydrogen-bond acceptors (Lipinski definition) is 0. The average molecular weight is 234 g/mol. The van der Waals surface area contributed by atoms with Crippen molar-refractivity contribution < 1.29 is 0 Å². The molecule has 65 valence electrons. The second-order valence-electron chi connectivity index (χ2n) is 3.01. The van der Waals surface area contributed by atoms with Crippen molar-refractivity contribution in [3.8, 4) is 0 Å². The number of allylic oxidation sites excluding steroid dienone is 3. The van der Waals surface area contributed by atoms with Gasteiger partial charge in [0, 0.05) is 11.2 Å². The Kier molecular flexibility index (Phi) is 2.65. The molecule has 2 rings (SSSR count). The zero-order valence-electron chi connectivity index (χ0n) is 7.20. The summed E-state index contributed by atoms with van der Waals surface area (Å²) in [5.74, 6) is 0.425. The number of benzene rings is 1. The highest BCUT2D eigenvalue weighted by Crippen LogP contribution is 2.30. The van der Waals surface area contributed by atoms with E-state index in [1.807, 2.05) is 12.1 Å². The lowest BCUT2D eigenvalue weighted by Gasteiger charge is -2.03. The molecule has 0 fully saturated rings. The van der Waals surface area contributed by atoms with Crippen molar-refractivity contribution in [2.24, 2.45) is 0 Å². The second kappa shape index (κ2) is 3.93. The molecule has 0 saturated heterocycles. The van der Waals surface area contributed by atoms with Gasteiger partial charge in [-0.1, -0.05) is 58.4 Å². The van der Waals surface area contributed by atoms with Crippen molar-refractivity contribution >= 4 is 22.0 Å². The van der Waals surface area contributed by atoms with Crippen molar-refractivity contribution in [1.82, 2.24) is 0 Å². The van der Waals surface area contributed by atoms with Crippen LogP contribution in [-0.2, 0) is 0 Å². The van der Waals surface area contributed by atoms with Crippen molar-refractivity contribution in [3.63, 3.8) is 0 Å². The van der Waals surface area contributed by atoms with Gasteiger partial charge in [0.2, 0.25) is 0 Å². The molecule has 0 N–H and O–H groups in total. The van der Waals surface area contributed by atoms with E-state index in [-0.39, 0.29) is 0 Å². The Morgan fingerprint density at radius 1 is 1.54 bits per heavy atom. The summed E-state index contributed by atoms with van der Waals surface area (Å²) in [5.41, 5.74) is 2.59. The average Bonchev–Trinajstić information content (AvgIpc) is 2.58. The second-order valence-corrected chi connectivity index (χ2v) is 3.65. The standard InChI is InChI=1S/C12H10Br/c13-9-3-5-11-8-7-10-4-1-2-6-12(10)11/h1-5,7-8,11H,9H2. The van der Waals surface area contributed by atoms with E-state index in [9.17, 15) is 0 Å². The molecular formula is C12H10Br. The number of hydrogen-bond donors (Lipinski definition) is 0. The van der Waals surface area contributed by atoms with Crippen LogP contribution in [0.1, 0.15) is 17.0 Å².